The van der Waals surface area contributed by atoms with Crippen LogP contribution >= 0.6 is 11.6 Å². The van der Waals surface area contributed by atoms with Gasteiger partial charge in [0.1, 0.15) is 6.07 Å². The number of nitrogens with zero attached hydrogens (tertiary/aromatic N) is 3. The first-order chi connectivity index (χ1) is 11.9. The maximum absolute atomic E-state index is 12.0. The lowest BCUT2D eigenvalue weighted by molar-refractivity contribution is 0.330. The van der Waals surface area contributed by atoms with Gasteiger partial charge >= 0.3 is 0 Å². The van der Waals surface area contributed by atoms with Crippen LogP contribution in [0.3, 0.4) is 0 Å². The van der Waals surface area contributed by atoms with Crippen molar-refractivity contribution in [2.75, 3.05) is 24.2 Å². The lowest BCUT2D eigenvalue weighted by Gasteiger charge is -2.32. The predicted octanol–water partition coefficient (Wildman–Crippen LogP) is 2.99. The van der Waals surface area contributed by atoms with Crippen molar-refractivity contribution in [1.82, 2.24) is 9.29 Å². The Hall–Kier alpha value is -1.88. The summed E-state index contributed by atoms with van der Waals surface area (Å²) in [6.45, 7) is 2.63. The van der Waals surface area contributed by atoms with Gasteiger partial charge in [-0.25, -0.2) is 12.7 Å². The molecule has 0 spiro atoms. The molecule has 0 aliphatic carbocycles. The van der Waals surface area contributed by atoms with Crippen molar-refractivity contribution in [3.05, 3.63) is 35.0 Å². The largest absolute Gasteiger partial charge is 0.381 e. The first-order valence-electron chi connectivity index (χ1n) is 8.17. The minimum atomic E-state index is -3.14. The molecular formula is C17H19ClN4O2S. The van der Waals surface area contributed by atoms with Crippen molar-refractivity contribution in [3.8, 4) is 6.07 Å². The molecule has 1 aromatic carbocycles. The molecule has 2 heterocycles. The average Bonchev–Trinajstić information content (AvgIpc) is 2.62. The van der Waals surface area contributed by atoms with Gasteiger partial charge in [0.2, 0.25) is 10.0 Å². The summed E-state index contributed by atoms with van der Waals surface area (Å²) >= 11 is 6.10. The van der Waals surface area contributed by atoms with Gasteiger partial charge in [-0.15, -0.1) is 0 Å². The van der Waals surface area contributed by atoms with Crippen LogP contribution in [-0.2, 0) is 10.0 Å². The second kappa shape index (κ2) is 7.16. The topological polar surface area (TPSA) is 86.1 Å². The van der Waals surface area contributed by atoms with Crippen molar-refractivity contribution in [2.45, 2.75) is 25.8 Å². The van der Waals surface area contributed by atoms with Gasteiger partial charge < -0.3 is 5.32 Å². The molecule has 3 rings (SSSR count). The quantitative estimate of drug-likeness (QED) is 0.883. The molecule has 1 aromatic heterocycles. The highest BCUT2D eigenvalue weighted by Crippen LogP contribution is 2.30. The molecule has 0 saturated carbocycles. The van der Waals surface area contributed by atoms with E-state index in [9.17, 15) is 13.7 Å². The number of fused-ring (bicyclic) bond motifs is 1. The van der Waals surface area contributed by atoms with Crippen LogP contribution in [0.5, 0.6) is 0 Å². The molecule has 1 aliphatic rings. The predicted molar refractivity (Wildman–Crippen MR) is 99.1 cm³/mol. The molecule has 2 aromatic rings. The minimum absolute atomic E-state index is 0.0972. The summed E-state index contributed by atoms with van der Waals surface area (Å²) in [6.07, 6.45) is 2.93. The van der Waals surface area contributed by atoms with E-state index in [1.807, 2.05) is 6.07 Å². The first kappa shape index (κ1) is 17.9. The fourth-order valence-corrected chi connectivity index (χ4v) is 4.37. The van der Waals surface area contributed by atoms with Gasteiger partial charge in [-0.3, -0.25) is 4.98 Å². The SMILES string of the molecule is CCS(=O)(=O)N1CCC(Nc2c(C#N)cnc3ccc(Cl)cc23)CC1. The number of aromatic nitrogens is 1. The number of hydrogen-bond acceptors (Lipinski definition) is 5. The number of benzene rings is 1. The zero-order chi connectivity index (χ0) is 18.0. The number of hydrogen-bond donors (Lipinski definition) is 1. The Balaban J connectivity index is 1.84. The summed E-state index contributed by atoms with van der Waals surface area (Å²) in [6, 6.07) is 7.64. The summed E-state index contributed by atoms with van der Waals surface area (Å²) < 4.78 is 25.5. The summed E-state index contributed by atoms with van der Waals surface area (Å²) in [4.78, 5) is 4.29. The van der Waals surface area contributed by atoms with E-state index < -0.39 is 10.0 Å². The summed E-state index contributed by atoms with van der Waals surface area (Å²) in [5, 5.41) is 14.2. The van der Waals surface area contributed by atoms with Gasteiger partial charge in [0, 0.05) is 35.7 Å². The molecule has 25 heavy (non-hydrogen) atoms. The fourth-order valence-electron chi connectivity index (χ4n) is 3.07. The highest BCUT2D eigenvalue weighted by molar-refractivity contribution is 7.89. The average molecular weight is 379 g/mol. The maximum atomic E-state index is 12.0. The third-order valence-corrected chi connectivity index (χ3v) is 6.63. The number of sulfonamides is 1. The Morgan fingerprint density at radius 2 is 2.12 bits per heavy atom. The second-order valence-corrected chi connectivity index (χ2v) is 8.73. The van der Waals surface area contributed by atoms with Crippen molar-refractivity contribution in [2.24, 2.45) is 0 Å². The van der Waals surface area contributed by atoms with Crippen LogP contribution in [-0.4, -0.2) is 42.6 Å². The standard InChI is InChI=1S/C17H19ClN4O2S/c1-2-25(23,24)22-7-5-14(6-8-22)21-17-12(10-19)11-20-16-4-3-13(18)9-15(16)17/h3-4,9,11,14H,2,5-8H2,1H3,(H,20,21). The zero-order valence-corrected chi connectivity index (χ0v) is 15.4. The fraction of sp³-hybridized carbons (Fsp3) is 0.412. The molecule has 0 bridgehead atoms. The summed E-state index contributed by atoms with van der Waals surface area (Å²) in [5.74, 6) is 0.122. The van der Waals surface area contributed by atoms with Crippen molar-refractivity contribution in [1.29, 1.82) is 5.26 Å². The zero-order valence-electron chi connectivity index (χ0n) is 13.9. The Kier molecular flexibility index (Phi) is 5.13. The summed E-state index contributed by atoms with van der Waals surface area (Å²) in [7, 11) is -3.14. The molecule has 0 unspecified atom stereocenters. The third-order valence-electron chi connectivity index (χ3n) is 4.51. The van der Waals surface area contributed by atoms with Gasteiger partial charge in [-0.1, -0.05) is 11.6 Å². The van der Waals surface area contributed by atoms with E-state index in [2.05, 4.69) is 16.4 Å². The molecular weight excluding hydrogens is 360 g/mol. The Morgan fingerprint density at radius 1 is 1.40 bits per heavy atom. The number of nitriles is 1. The normalized spacial score (nSPS) is 16.7. The van der Waals surface area contributed by atoms with E-state index in [1.165, 1.54) is 4.31 Å². The van der Waals surface area contributed by atoms with E-state index in [0.717, 1.165) is 10.9 Å². The Bertz CT molecular complexity index is 932. The van der Waals surface area contributed by atoms with Crippen LogP contribution in [0.1, 0.15) is 25.3 Å². The van der Waals surface area contributed by atoms with E-state index in [-0.39, 0.29) is 11.8 Å². The van der Waals surface area contributed by atoms with E-state index >= 15 is 0 Å². The number of halogens is 1. The lowest BCUT2D eigenvalue weighted by Crippen LogP contribution is -2.43. The first-order valence-corrected chi connectivity index (χ1v) is 10.2. The molecule has 6 nitrogen and oxygen atoms in total. The lowest BCUT2D eigenvalue weighted by atomic mass is 10.0. The monoisotopic (exact) mass is 378 g/mol. The number of anilines is 1. The third kappa shape index (κ3) is 3.71. The van der Waals surface area contributed by atoms with Gasteiger partial charge in [0.15, 0.2) is 0 Å². The molecule has 0 radical (unpaired) electrons. The van der Waals surface area contributed by atoms with E-state index in [4.69, 9.17) is 11.6 Å². The highest BCUT2D eigenvalue weighted by Gasteiger charge is 2.27. The number of rotatable bonds is 4. The molecule has 8 heteroatoms. The molecule has 0 atom stereocenters. The Labute approximate surface area is 152 Å². The van der Waals surface area contributed by atoms with Crippen LogP contribution in [0.25, 0.3) is 10.9 Å². The van der Waals surface area contributed by atoms with Crippen molar-refractivity contribution >= 4 is 38.2 Å². The molecule has 132 valence electrons. The Morgan fingerprint density at radius 3 is 2.76 bits per heavy atom. The second-order valence-electron chi connectivity index (χ2n) is 6.04. The number of nitrogens with one attached hydrogen (secondary N) is 1. The molecule has 1 fully saturated rings. The van der Waals surface area contributed by atoms with Crippen molar-refractivity contribution < 1.29 is 8.42 Å². The smallest absolute Gasteiger partial charge is 0.213 e. The van der Waals surface area contributed by atoms with Gasteiger partial charge in [-0.05, 0) is 38.0 Å². The van der Waals surface area contributed by atoms with Crippen LogP contribution in [0, 0.1) is 11.3 Å². The van der Waals surface area contributed by atoms with E-state index in [1.54, 1.807) is 25.3 Å². The highest BCUT2D eigenvalue weighted by atomic mass is 35.5. The molecule has 0 amide bonds. The van der Waals surface area contributed by atoms with Crippen molar-refractivity contribution in [3.63, 3.8) is 0 Å². The number of piperidine rings is 1. The molecule has 1 saturated heterocycles. The van der Waals surface area contributed by atoms with Gasteiger partial charge in [0.25, 0.3) is 0 Å². The minimum Gasteiger partial charge on any atom is -0.381 e. The molecule has 1 aliphatic heterocycles. The van der Waals surface area contributed by atoms with Crippen LogP contribution in [0.2, 0.25) is 5.02 Å². The van der Waals surface area contributed by atoms with Crippen LogP contribution in [0.15, 0.2) is 24.4 Å². The maximum Gasteiger partial charge on any atom is 0.213 e. The summed E-state index contributed by atoms with van der Waals surface area (Å²) in [5.41, 5.74) is 1.93. The van der Waals surface area contributed by atoms with Crippen LogP contribution in [0.4, 0.5) is 5.69 Å². The molecule has 1 N–H and O–H groups in total. The van der Waals surface area contributed by atoms with Crippen LogP contribution < -0.4 is 5.32 Å². The van der Waals surface area contributed by atoms with Gasteiger partial charge in [0.05, 0.1) is 22.5 Å². The van der Waals surface area contributed by atoms with E-state index in [0.29, 0.717) is 42.2 Å². The van der Waals surface area contributed by atoms with Gasteiger partial charge in [-0.2, -0.15) is 5.26 Å². The number of pyridine rings is 1.